The van der Waals surface area contributed by atoms with Crippen LogP contribution in [0.1, 0.15) is 33.2 Å². The van der Waals surface area contributed by atoms with Crippen molar-refractivity contribution in [2.45, 2.75) is 26.9 Å². The summed E-state index contributed by atoms with van der Waals surface area (Å²) >= 11 is 8.48. The summed E-state index contributed by atoms with van der Waals surface area (Å²) in [5, 5.41) is 10.6. The highest BCUT2D eigenvalue weighted by atomic mass is 79.9. The van der Waals surface area contributed by atoms with Gasteiger partial charge in [0.25, 0.3) is 0 Å². The fourth-order valence-electron chi connectivity index (χ4n) is 2.26. The minimum Gasteiger partial charge on any atom is -0.383 e. The van der Waals surface area contributed by atoms with Crippen molar-refractivity contribution < 1.29 is 5.11 Å². The largest absolute Gasteiger partial charge is 0.383 e. The number of aryl methyl sites for hydroxylation is 3. The van der Waals surface area contributed by atoms with Gasteiger partial charge in [-0.15, -0.1) is 11.3 Å². The lowest BCUT2D eigenvalue weighted by Crippen LogP contribution is -2.03. The van der Waals surface area contributed by atoms with Crippen molar-refractivity contribution in [3.63, 3.8) is 0 Å². The highest BCUT2D eigenvalue weighted by Crippen LogP contribution is 2.39. The van der Waals surface area contributed by atoms with E-state index in [1.54, 1.807) is 11.3 Å². The normalized spacial score (nSPS) is 12.8. The molecule has 0 aliphatic heterocycles. The molecule has 1 aromatic heterocycles. The number of rotatable bonds is 2. The Bertz CT molecular complexity index is 547. The summed E-state index contributed by atoms with van der Waals surface area (Å²) in [6.45, 7) is 6.18. The molecular weight excluding hydrogens is 376 g/mol. The number of halogens is 2. The minimum absolute atomic E-state index is 0.557. The highest BCUT2D eigenvalue weighted by molar-refractivity contribution is 9.13. The fraction of sp³-hybridized carbons (Fsp3) is 0.286. The van der Waals surface area contributed by atoms with Crippen LogP contribution in [0.5, 0.6) is 0 Å². The van der Waals surface area contributed by atoms with Crippen molar-refractivity contribution in [3.05, 3.63) is 53.6 Å². The molecule has 1 aromatic carbocycles. The summed E-state index contributed by atoms with van der Waals surface area (Å²) in [4.78, 5) is 0.948. The van der Waals surface area contributed by atoms with E-state index in [4.69, 9.17) is 0 Å². The molecule has 1 nitrogen and oxygen atoms in total. The minimum atomic E-state index is -0.557. The van der Waals surface area contributed by atoms with Gasteiger partial charge in [0.05, 0.1) is 3.79 Å². The van der Waals surface area contributed by atoms with Gasteiger partial charge in [0.1, 0.15) is 6.10 Å². The van der Waals surface area contributed by atoms with Crippen molar-refractivity contribution in [2.75, 3.05) is 0 Å². The standard InChI is InChI=1S/C14H14Br2OS/c1-7-4-8(2)12(9(3)5-7)13(17)11-6-10(15)14(16)18-11/h4-6,13,17H,1-3H3. The van der Waals surface area contributed by atoms with E-state index in [1.807, 2.05) is 6.07 Å². The number of hydrogen-bond donors (Lipinski definition) is 1. The summed E-state index contributed by atoms with van der Waals surface area (Å²) in [5.74, 6) is 0. The second kappa shape index (κ2) is 5.45. The first-order valence-electron chi connectivity index (χ1n) is 5.60. The zero-order chi connectivity index (χ0) is 13.4. The second-order valence-electron chi connectivity index (χ2n) is 4.49. The lowest BCUT2D eigenvalue weighted by molar-refractivity contribution is 0.222. The topological polar surface area (TPSA) is 20.2 Å². The zero-order valence-corrected chi connectivity index (χ0v) is 14.4. The maximum absolute atomic E-state index is 10.6. The molecular formula is C14H14Br2OS. The van der Waals surface area contributed by atoms with Crippen LogP contribution < -0.4 is 0 Å². The molecule has 0 aliphatic rings. The van der Waals surface area contributed by atoms with Crippen LogP contribution in [0, 0.1) is 20.8 Å². The highest BCUT2D eigenvalue weighted by Gasteiger charge is 2.19. The fourth-order valence-corrected chi connectivity index (χ4v) is 4.35. The molecule has 0 radical (unpaired) electrons. The number of benzene rings is 1. The summed E-state index contributed by atoms with van der Waals surface area (Å²) < 4.78 is 2.00. The van der Waals surface area contributed by atoms with Gasteiger partial charge in [-0.25, -0.2) is 0 Å². The molecule has 0 fully saturated rings. The Morgan fingerprint density at radius 2 is 1.61 bits per heavy atom. The Labute approximate surface area is 128 Å². The lowest BCUT2D eigenvalue weighted by atomic mass is 9.95. The Morgan fingerprint density at radius 1 is 1.06 bits per heavy atom. The van der Waals surface area contributed by atoms with Crippen molar-refractivity contribution in [2.24, 2.45) is 0 Å². The van der Waals surface area contributed by atoms with Gasteiger partial charge in [-0.3, -0.25) is 0 Å². The zero-order valence-electron chi connectivity index (χ0n) is 10.4. The molecule has 1 atom stereocenters. The maximum atomic E-state index is 10.6. The van der Waals surface area contributed by atoms with Crippen LogP contribution in [0.3, 0.4) is 0 Å². The molecule has 1 N–H and O–H groups in total. The van der Waals surface area contributed by atoms with Crippen LogP contribution in [0.25, 0.3) is 0 Å². The summed E-state index contributed by atoms with van der Waals surface area (Å²) in [6.07, 6.45) is -0.557. The molecule has 2 aromatic rings. The average molecular weight is 390 g/mol. The van der Waals surface area contributed by atoms with Crippen LogP contribution in [0.15, 0.2) is 26.5 Å². The third kappa shape index (κ3) is 2.72. The van der Waals surface area contributed by atoms with Gasteiger partial charge in [-0.05, 0) is 75.4 Å². The van der Waals surface area contributed by atoms with E-state index in [-0.39, 0.29) is 0 Å². The number of aliphatic hydroxyl groups excluding tert-OH is 1. The average Bonchev–Trinajstić information content (AvgIpc) is 2.57. The monoisotopic (exact) mass is 388 g/mol. The Hall–Kier alpha value is -0.160. The Morgan fingerprint density at radius 3 is 2.06 bits per heavy atom. The molecule has 0 aliphatic carbocycles. The van der Waals surface area contributed by atoms with Crippen LogP contribution >= 0.6 is 43.2 Å². The first-order valence-corrected chi connectivity index (χ1v) is 8.01. The molecule has 2 rings (SSSR count). The summed E-state index contributed by atoms with van der Waals surface area (Å²) in [6, 6.07) is 6.20. The third-order valence-corrected chi connectivity index (χ3v) is 6.25. The van der Waals surface area contributed by atoms with Crippen molar-refractivity contribution in [3.8, 4) is 0 Å². The van der Waals surface area contributed by atoms with Gasteiger partial charge in [0, 0.05) is 9.35 Å². The quantitative estimate of drug-likeness (QED) is 0.740. The first-order chi connectivity index (χ1) is 8.40. The van der Waals surface area contributed by atoms with Gasteiger partial charge < -0.3 is 5.11 Å². The number of thiophene rings is 1. The van der Waals surface area contributed by atoms with E-state index < -0.39 is 6.10 Å². The second-order valence-corrected chi connectivity index (χ2v) is 7.74. The lowest BCUT2D eigenvalue weighted by Gasteiger charge is -2.16. The molecule has 0 spiro atoms. The predicted molar refractivity (Wildman–Crippen MR) is 84.4 cm³/mol. The Kier molecular flexibility index (Phi) is 4.32. The van der Waals surface area contributed by atoms with Crippen LogP contribution in [0.4, 0.5) is 0 Å². The van der Waals surface area contributed by atoms with E-state index in [0.717, 1.165) is 29.8 Å². The van der Waals surface area contributed by atoms with E-state index in [2.05, 4.69) is 64.8 Å². The first kappa shape index (κ1) is 14.3. The van der Waals surface area contributed by atoms with Gasteiger partial charge in [-0.1, -0.05) is 17.7 Å². The van der Waals surface area contributed by atoms with Gasteiger partial charge in [-0.2, -0.15) is 0 Å². The molecule has 1 heterocycles. The number of aliphatic hydroxyl groups is 1. The number of hydrogen-bond acceptors (Lipinski definition) is 2. The molecule has 0 bridgehead atoms. The van der Waals surface area contributed by atoms with Gasteiger partial charge in [0.2, 0.25) is 0 Å². The molecule has 0 amide bonds. The van der Waals surface area contributed by atoms with E-state index in [1.165, 1.54) is 5.56 Å². The van der Waals surface area contributed by atoms with Crippen molar-refractivity contribution in [1.29, 1.82) is 0 Å². The Balaban J connectivity index is 2.49. The van der Waals surface area contributed by atoms with Crippen LogP contribution in [-0.4, -0.2) is 5.11 Å². The van der Waals surface area contributed by atoms with E-state index >= 15 is 0 Å². The van der Waals surface area contributed by atoms with E-state index in [9.17, 15) is 5.11 Å². The SMILES string of the molecule is Cc1cc(C)c(C(O)c2cc(Br)c(Br)s2)c(C)c1. The van der Waals surface area contributed by atoms with Gasteiger partial charge in [0.15, 0.2) is 0 Å². The molecule has 0 saturated heterocycles. The molecule has 1 unspecified atom stereocenters. The molecule has 18 heavy (non-hydrogen) atoms. The molecule has 0 saturated carbocycles. The van der Waals surface area contributed by atoms with Crippen molar-refractivity contribution in [1.82, 2.24) is 0 Å². The van der Waals surface area contributed by atoms with Gasteiger partial charge >= 0.3 is 0 Å². The molecule has 4 heteroatoms. The smallest absolute Gasteiger partial charge is 0.114 e. The summed E-state index contributed by atoms with van der Waals surface area (Å²) in [5.41, 5.74) is 4.53. The summed E-state index contributed by atoms with van der Waals surface area (Å²) in [7, 11) is 0. The van der Waals surface area contributed by atoms with Crippen LogP contribution in [0.2, 0.25) is 0 Å². The van der Waals surface area contributed by atoms with E-state index in [0.29, 0.717) is 0 Å². The molecule has 96 valence electrons. The maximum Gasteiger partial charge on any atom is 0.114 e. The van der Waals surface area contributed by atoms with Crippen LogP contribution in [-0.2, 0) is 0 Å². The van der Waals surface area contributed by atoms with Crippen molar-refractivity contribution >= 4 is 43.2 Å². The predicted octanol–water partition coefficient (Wildman–Crippen LogP) is 5.28. The third-order valence-electron chi connectivity index (χ3n) is 2.95.